The molecule has 0 atom stereocenters. The first-order valence-corrected chi connectivity index (χ1v) is 5.47. The lowest BCUT2D eigenvalue weighted by Gasteiger charge is -2.09. The Morgan fingerprint density at radius 1 is 1.28 bits per heavy atom. The molecule has 0 aliphatic carbocycles. The molecule has 0 aliphatic heterocycles. The number of halogens is 2. The summed E-state index contributed by atoms with van der Waals surface area (Å²) in [7, 11) is 0. The van der Waals surface area contributed by atoms with Crippen LogP contribution in [0.2, 0.25) is 0 Å². The molecule has 1 heterocycles. The molecule has 18 heavy (non-hydrogen) atoms. The van der Waals surface area contributed by atoms with Gasteiger partial charge in [0.15, 0.2) is 17.4 Å². The van der Waals surface area contributed by atoms with Crippen molar-refractivity contribution in [1.29, 1.82) is 0 Å². The third-order valence-electron chi connectivity index (χ3n) is 2.45. The van der Waals surface area contributed by atoms with E-state index in [0.29, 0.717) is 12.1 Å². The maximum absolute atomic E-state index is 13.5. The predicted molar refractivity (Wildman–Crippen MR) is 62.0 cm³/mol. The van der Waals surface area contributed by atoms with Crippen LogP contribution in [-0.4, -0.2) is 16.2 Å². The summed E-state index contributed by atoms with van der Waals surface area (Å²) in [5.41, 5.74) is 5.71. The van der Waals surface area contributed by atoms with Crippen LogP contribution < -0.4 is 10.5 Å². The first kappa shape index (κ1) is 12.5. The number of nitrogens with zero attached hydrogens (tertiary/aromatic N) is 2. The minimum absolute atomic E-state index is 0.0865. The van der Waals surface area contributed by atoms with Gasteiger partial charge in [-0.25, -0.2) is 13.8 Å². The smallest absolute Gasteiger partial charge is 0.190 e. The maximum Gasteiger partial charge on any atom is 0.190 e. The van der Waals surface area contributed by atoms with Crippen molar-refractivity contribution in [2.45, 2.75) is 13.1 Å². The van der Waals surface area contributed by atoms with E-state index in [1.54, 1.807) is 23.3 Å². The molecule has 6 heteroatoms. The summed E-state index contributed by atoms with van der Waals surface area (Å²) in [6, 6.07) is 2.35. The minimum atomic E-state index is -0.735. The van der Waals surface area contributed by atoms with E-state index < -0.39 is 11.6 Å². The van der Waals surface area contributed by atoms with E-state index in [-0.39, 0.29) is 18.9 Å². The second-order valence-corrected chi connectivity index (χ2v) is 3.74. The third kappa shape index (κ3) is 2.84. The zero-order chi connectivity index (χ0) is 13.0. The van der Waals surface area contributed by atoms with Gasteiger partial charge < -0.3 is 15.0 Å². The van der Waals surface area contributed by atoms with Crippen molar-refractivity contribution in [2.24, 2.45) is 5.73 Å². The van der Waals surface area contributed by atoms with E-state index in [4.69, 9.17) is 10.5 Å². The first-order valence-electron chi connectivity index (χ1n) is 5.47. The van der Waals surface area contributed by atoms with Crippen LogP contribution in [0.4, 0.5) is 8.78 Å². The van der Waals surface area contributed by atoms with Crippen LogP contribution in [0.25, 0.3) is 0 Å². The lowest BCUT2D eigenvalue weighted by molar-refractivity contribution is 0.269. The summed E-state index contributed by atoms with van der Waals surface area (Å²) < 4.78 is 33.9. The Kier molecular flexibility index (Phi) is 3.88. The van der Waals surface area contributed by atoms with Crippen molar-refractivity contribution in [3.8, 4) is 5.75 Å². The molecular weight excluding hydrogens is 240 g/mol. The molecule has 2 aromatic rings. The van der Waals surface area contributed by atoms with Crippen molar-refractivity contribution in [1.82, 2.24) is 9.55 Å². The van der Waals surface area contributed by atoms with Gasteiger partial charge in [0.2, 0.25) is 0 Å². The molecular formula is C12H13F2N3O. The molecule has 0 saturated carbocycles. The number of rotatable bonds is 5. The van der Waals surface area contributed by atoms with Gasteiger partial charge in [0.05, 0.1) is 12.9 Å². The molecule has 0 unspecified atom stereocenters. The number of hydrogen-bond acceptors (Lipinski definition) is 3. The van der Waals surface area contributed by atoms with Crippen LogP contribution >= 0.6 is 0 Å². The largest absolute Gasteiger partial charge is 0.486 e. The minimum Gasteiger partial charge on any atom is -0.486 e. The second-order valence-electron chi connectivity index (χ2n) is 3.74. The van der Waals surface area contributed by atoms with Gasteiger partial charge in [-0.3, -0.25) is 0 Å². The SMILES string of the molecule is NCc1cc(F)c(OCCn2ccnc2)c(F)c1. The van der Waals surface area contributed by atoms with Crippen LogP contribution in [0, 0.1) is 11.6 Å². The van der Waals surface area contributed by atoms with Crippen molar-refractivity contribution < 1.29 is 13.5 Å². The monoisotopic (exact) mass is 253 g/mol. The highest BCUT2D eigenvalue weighted by Gasteiger charge is 2.12. The molecule has 1 aromatic carbocycles. The zero-order valence-electron chi connectivity index (χ0n) is 9.64. The molecule has 4 nitrogen and oxygen atoms in total. The summed E-state index contributed by atoms with van der Waals surface area (Å²) in [6.07, 6.45) is 4.97. The number of aromatic nitrogens is 2. The van der Waals surface area contributed by atoms with Gasteiger partial charge in [-0.2, -0.15) is 0 Å². The molecule has 2 N–H and O–H groups in total. The fourth-order valence-corrected chi connectivity index (χ4v) is 1.54. The highest BCUT2D eigenvalue weighted by atomic mass is 19.1. The van der Waals surface area contributed by atoms with Crippen LogP contribution in [-0.2, 0) is 13.1 Å². The van der Waals surface area contributed by atoms with Crippen LogP contribution in [0.3, 0.4) is 0 Å². The van der Waals surface area contributed by atoms with Gasteiger partial charge >= 0.3 is 0 Å². The fraction of sp³-hybridized carbons (Fsp3) is 0.250. The molecule has 0 bridgehead atoms. The Hall–Kier alpha value is -1.95. The second kappa shape index (κ2) is 5.59. The third-order valence-corrected chi connectivity index (χ3v) is 2.45. The maximum atomic E-state index is 13.5. The quantitative estimate of drug-likeness (QED) is 0.882. The Balaban J connectivity index is 2.01. The van der Waals surface area contributed by atoms with Gasteiger partial charge in [0.25, 0.3) is 0 Å². The highest BCUT2D eigenvalue weighted by molar-refractivity contribution is 5.31. The Bertz CT molecular complexity index is 491. The summed E-state index contributed by atoms with van der Waals surface area (Å²) >= 11 is 0. The molecule has 0 saturated heterocycles. The van der Waals surface area contributed by atoms with Crippen LogP contribution in [0.5, 0.6) is 5.75 Å². The standard InChI is InChI=1S/C12H13F2N3O/c13-10-5-9(7-15)6-11(14)12(10)18-4-3-17-2-1-16-8-17/h1-2,5-6,8H,3-4,7,15H2. The molecule has 96 valence electrons. The predicted octanol–water partition coefficient (Wildman–Crippen LogP) is 1.70. The Labute approximate surface area is 103 Å². The van der Waals surface area contributed by atoms with E-state index in [1.807, 2.05) is 0 Å². The number of benzene rings is 1. The van der Waals surface area contributed by atoms with Gasteiger partial charge in [-0.1, -0.05) is 0 Å². The number of nitrogens with two attached hydrogens (primary N) is 1. The van der Waals surface area contributed by atoms with E-state index in [0.717, 1.165) is 0 Å². The lowest BCUT2D eigenvalue weighted by atomic mass is 10.2. The molecule has 0 aliphatic rings. The van der Waals surface area contributed by atoms with Gasteiger partial charge in [-0.15, -0.1) is 0 Å². The van der Waals surface area contributed by atoms with E-state index in [9.17, 15) is 8.78 Å². The van der Waals surface area contributed by atoms with Gasteiger partial charge in [-0.05, 0) is 17.7 Å². The van der Waals surface area contributed by atoms with Crippen LogP contribution in [0.15, 0.2) is 30.9 Å². The molecule has 0 fully saturated rings. The molecule has 0 amide bonds. The number of imidazole rings is 1. The van der Waals surface area contributed by atoms with Gasteiger partial charge in [0.1, 0.15) is 6.61 Å². The van der Waals surface area contributed by atoms with E-state index in [1.165, 1.54) is 12.1 Å². The fourth-order valence-electron chi connectivity index (χ4n) is 1.54. The molecule has 0 spiro atoms. The van der Waals surface area contributed by atoms with Crippen molar-refractivity contribution in [3.05, 3.63) is 48.1 Å². The topological polar surface area (TPSA) is 53.1 Å². The normalized spacial score (nSPS) is 10.6. The van der Waals surface area contributed by atoms with Crippen LogP contribution in [0.1, 0.15) is 5.56 Å². The highest BCUT2D eigenvalue weighted by Crippen LogP contribution is 2.23. The zero-order valence-corrected chi connectivity index (χ0v) is 9.64. The van der Waals surface area contributed by atoms with E-state index in [2.05, 4.69) is 4.98 Å². The lowest BCUT2D eigenvalue weighted by Crippen LogP contribution is -2.09. The number of hydrogen-bond donors (Lipinski definition) is 1. The van der Waals surface area contributed by atoms with E-state index >= 15 is 0 Å². The average molecular weight is 253 g/mol. The Morgan fingerprint density at radius 3 is 2.56 bits per heavy atom. The van der Waals surface area contributed by atoms with Crippen molar-refractivity contribution in [3.63, 3.8) is 0 Å². The summed E-state index contributed by atoms with van der Waals surface area (Å²) in [5.74, 6) is -1.84. The van der Waals surface area contributed by atoms with Crippen molar-refractivity contribution in [2.75, 3.05) is 6.61 Å². The molecule has 2 rings (SSSR count). The molecule has 0 radical (unpaired) electrons. The average Bonchev–Trinajstić information content (AvgIpc) is 2.85. The van der Waals surface area contributed by atoms with Gasteiger partial charge in [0, 0.05) is 18.9 Å². The molecule has 1 aromatic heterocycles. The summed E-state index contributed by atoms with van der Waals surface area (Å²) in [5, 5.41) is 0. The number of ether oxygens (including phenoxy) is 1. The summed E-state index contributed by atoms with van der Waals surface area (Å²) in [4.78, 5) is 3.85. The van der Waals surface area contributed by atoms with Crippen molar-refractivity contribution >= 4 is 0 Å². The summed E-state index contributed by atoms with van der Waals surface area (Å²) in [6.45, 7) is 0.715. The first-order chi connectivity index (χ1) is 8.70. The Morgan fingerprint density at radius 2 is 2.00 bits per heavy atom.